The van der Waals surface area contributed by atoms with Gasteiger partial charge in [-0.2, -0.15) is 15.8 Å². The van der Waals surface area contributed by atoms with Crippen molar-refractivity contribution in [1.82, 2.24) is 0 Å². The predicted octanol–water partition coefficient (Wildman–Crippen LogP) is 3.45. The predicted molar refractivity (Wildman–Crippen MR) is 94.1 cm³/mol. The molecule has 0 aromatic heterocycles. The molecule has 1 aromatic carbocycles. The Kier molecular flexibility index (Phi) is 4.34. The van der Waals surface area contributed by atoms with Gasteiger partial charge < -0.3 is 14.2 Å². The van der Waals surface area contributed by atoms with Crippen molar-refractivity contribution in [2.24, 2.45) is 16.7 Å². The molecule has 7 heteroatoms. The second-order valence-corrected chi connectivity index (χ2v) is 6.77. The summed E-state index contributed by atoms with van der Waals surface area (Å²) in [4.78, 5) is 0. The summed E-state index contributed by atoms with van der Waals surface area (Å²) in [7, 11) is 0. The van der Waals surface area contributed by atoms with Gasteiger partial charge in [0.25, 0.3) is 0 Å². The number of benzene rings is 1. The molecule has 4 unspecified atom stereocenters. The molecule has 1 aromatic rings. The van der Waals surface area contributed by atoms with Crippen molar-refractivity contribution in [3.63, 3.8) is 0 Å². The van der Waals surface area contributed by atoms with Crippen LogP contribution in [0.2, 0.25) is 0 Å². The molecule has 27 heavy (non-hydrogen) atoms. The molecule has 2 heterocycles. The number of nitrogens with one attached hydrogen (secondary N) is 1. The first kappa shape index (κ1) is 18.7. The second kappa shape index (κ2) is 6.27. The molecular formula is C20H20N4O3. The lowest BCUT2D eigenvalue weighted by molar-refractivity contribution is -0.280. The monoisotopic (exact) mass is 364 g/mol. The average molecular weight is 364 g/mol. The molecule has 138 valence electrons. The SMILES string of the molecule is CCOc1ccc(C2OC3(CC)OC(=N)C(C#N)(C3C)C2(C#N)C#N)cc1. The molecule has 0 radical (unpaired) electrons. The van der Waals surface area contributed by atoms with Crippen LogP contribution >= 0.6 is 0 Å². The van der Waals surface area contributed by atoms with Crippen LogP contribution in [0.15, 0.2) is 24.3 Å². The van der Waals surface area contributed by atoms with Crippen molar-refractivity contribution in [1.29, 1.82) is 21.2 Å². The van der Waals surface area contributed by atoms with Gasteiger partial charge in [0, 0.05) is 6.42 Å². The van der Waals surface area contributed by atoms with E-state index < -0.39 is 28.6 Å². The normalized spacial score (nSPS) is 33.3. The molecule has 4 atom stereocenters. The largest absolute Gasteiger partial charge is 0.494 e. The highest BCUT2D eigenvalue weighted by Gasteiger charge is 2.78. The lowest BCUT2D eigenvalue weighted by Crippen LogP contribution is -2.58. The number of hydrogen-bond donors (Lipinski definition) is 1. The third-order valence-corrected chi connectivity index (χ3v) is 5.79. The fraction of sp³-hybridized carbons (Fsp3) is 0.500. The Bertz CT molecular complexity index is 878. The summed E-state index contributed by atoms with van der Waals surface area (Å²) < 4.78 is 17.4. The zero-order valence-corrected chi connectivity index (χ0v) is 15.4. The number of nitrogens with zero attached hydrogens (tertiary/aromatic N) is 3. The van der Waals surface area contributed by atoms with Crippen molar-refractivity contribution in [3.8, 4) is 24.0 Å². The standard InChI is InChI=1S/C20H20N4O3/c1-4-20-13(3)19(12-23,17(24)27-20)18(10-21,11-22)16(26-20)14-6-8-15(9-7-14)25-5-2/h6-9,13,16,24H,4-5H2,1-3H3. The van der Waals surface area contributed by atoms with Gasteiger partial charge in [0.15, 0.2) is 5.41 Å². The van der Waals surface area contributed by atoms with E-state index in [1.807, 2.05) is 26.0 Å². The third kappa shape index (κ3) is 2.11. The van der Waals surface area contributed by atoms with E-state index in [2.05, 4.69) is 6.07 Å². The van der Waals surface area contributed by atoms with Crippen molar-refractivity contribution in [2.75, 3.05) is 6.61 Å². The Morgan fingerprint density at radius 1 is 1.11 bits per heavy atom. The zero-order valence-electron chi connectivity index (χ0n) is 15.4. The lowest BCUT2D eigenvalue weighted by atomic mass is 9.53. The van der Waals surface area contributed by atoms with Crippen LogP contribution in [0.4, 0.5) is 0 Å². The van der Waals surface area contributed by atoms with E-state index in [4.69, 9.17) is 19.6 Å². The Hall–Kier alpha value is -3.08. The van der Waals surface area contributed by atoms with Crippen molar-refractivity contribution < 1.29 is 14.2 Å². The summed E-state index contributed by atoms with van der Waals surface area (Å²) in [6, 6.07) is 13.0. The summed E-state index contributed by atoms with van der Waals surface area (Å²) in [5, 5.41) is 38.5. The molecule has 2 aliphatic heterocycles. The average Bonchev–Trinajstić information content (AvgIpc) is 2.85. The topological polar surface area (TPSA) is 123 Å². The minimum absolute atomic E-state index is 0.375. The van der Waals surface area contributed by atoms with Gasteiger partial charge in [0.2, 0.25) is 17.1 Å². The molecule has 7 nitrogen and oxygen atoms in total. The van der Waals surface area contributed by atoms with Crippen LogP contribution in [0.3, 0.4) is 0 Å². The van der Waals surface area contributed by atoms with E-state index in [1.165, 1.54) is 0 Å². The van der Waals surface area contributed by atoms with Gasteiger partial charge in [-0.05, 0) is 24.6 Å². The quantitative estimate of drug-likeness (QED) is 0.873. The highest BCUT2D eigenvalue weighted by Crippen LogP contribution is 2.66. The molecule has 3 rings (SSSR count). The minimum atomic E-state index is -1.92. The Morgan fingerprint density at radius 3 is 2.22 bits per heavy atom. The van der Waals surface area contributed by atoms with Crippen LogP contribution in [-0.2, 0) is 9.47 Å². The van der Waals surface area contributed by atoms with Gasteiger partial charge in [-0.3, -0.25) is 5.41 Å². The number of rotatable bonds is 4. The zero-order chi connectivity index (χ0) is 19.9. The van der Waals surface area contributed by atoms with Crippen LogP contribution in [0.25, 0.3) is 0 Å². The Balaban J connectivity index is 2.23. The molecule has 0 saturated carbocycles. The summed E-state index contributed by atoms with van der Waals surface area (Å²) >= 11 is 0. The molecular weight excluding hydrogens is 344 g/mol. The van der Waals surface area contributed by atoms with Crippen molar-refractivity contribution >= 4 is 5.90 Å². The highest BCUT2D eigenvalue weighted by atomic mass is 16.7. The third-order valence-electron chi connectivity index (χ3n) is 5.79. The number of ether oxygens (including phenoxy) is 3. The molecule has 0 spiro atoms. The minimum Gasteiger partial charge on any atom is -0.494 e. The van der Waals surface area contributed by atoms with Crippen LogP contribution in [0.5, 0.6) is 5.75 Å². The first-order valence-electron chi connectivity index (χ1n) is 8.83. The van der Waals surface area contributed by atoms with Gasteiger partial charge in [0.1, 0.15) is 11.9 Å². The Labute approximate surface area is 158 Å². The van der Waals surface area contributed by atoms with Gasteiger partial charge in [-0.15, -0.1) is 0 Å². The maximum atomic E-state index is 10.0. The number of hydrogen-bond acceptors (Lipinski definition) is 7. The molecule has 1 N–H and O–H groups in total. The van der Waals surface area contributed by atoms with Crippen LogP contribution < -0.4 is 4.74 Å². The van der Waals surface area contributed by atoms with Crippen molar-refractivity contribution in [2.45, 2.75) is 39.1 Å². The van der Waals surface area contributed by atoms with E-state index in [9.17, 15) is 15.8 Å². The van der Waals surface area contributed by atoms with E-state index in [0.29, 0.717) is 24.3 Å². The van der Waals surface area contributed by atoms with E-state index in [-0.39, 0.29) is 5.90 Å². The molecule has 2 aliphatic rings. The first-order chi connectivity index (χ1) is 12.9. The fourth-order valence-electron chi connectivity index (χ4n) is 4.25. The lowest BCUT2D eigenvalue weighted by Gasteiger charge is -2.48. The first-order valence-corrected chi connectivity index (χ1v) is 8.83. The van der Waals surface area contributed by atoms with Crippen molar-refractivity contribution in [3.05, 3.63) is 29.8 Å². The molecule has 0 amide bonds. The smallest absolute Gasteiger partial charge is 0.217 e. The fourth-order valence-corrected chi connectivity index (χ4v) is 4.25. The summed E-state index contributed by atoms with van der Waals surface area (Å²) in [5.41, 5.74) is -3.07. The van der Waals surface area contributed by atoms with Crippen LogP contribution in [-0.4, -0.2) is 18.3 Å². The second-order valence-electron chi connectivity index (χ2n) is 6.77. The van der Waals surface area contributed by atoms with E-state index in [0.717, 1.165) is 0 Å². The molecule has 2 saturated heterocycles. The molecule has 2 fully saturated rings. The van der Waals surface area contributed by atoms with Gasteiger partial charge in [-0.25, -0.2) is 0 Å². The molecule has 2 bridgehead atoms. The number of fused-ring (bicyclic) bond motifs is 2. The summed E-state index contributed by atoms with van der Waals surface area (Å²) in [6.07, 6.45) is -0.665. The van der Waals surface area contributed by atoms with E-state index in [1.54, 1.807) is 31.2 Å². The van der Waals surface area contributed by atoms with Gasteiger partial charge >= 0.3 is 0 Å². The Morgan fingerprint density at radius 2 is 1.74 bits per heavy atom. The highest BCUT2D eigenvalue weighted by molar-refractivity contribution is 5.89. The van der Waals surface area contributed by atoms with Crippen LogP contribution in [0.1, 0.15) is 38.9 Å². The molecule has 0 aliphatic carbocycles. The maximum Gasteiger partial charge on any atom is 0.217 e. The van der Waals surface area contributed by atoms with Gasteiger partial charge in [0.05, 0.1) is 30.7 Å². The summed E-state index contributed by atoms with van der Waals surface area (Å²) in [5.74, 6) is -1.61. The van der Waals surface area contributed by atoms with Gasteiger partial charge in [-0.1, -0.05) is 26.0 Å². The van der Waals surface area contributed by atoms with E-state index >= 15 is 0 Å². The van der Waals surface area contributed by atoms with Crippen LogP contribution in [0, 0.1) is 56.2 Å². The number of nitriles is 3. The maximum absolute atomic E-state index is 10.0. The summed E-state index contributed by atoms with van der Waals surface area (Å²) in [6.45, 7) is 5.92.